The van der Waals surface area contributed by atoms with Gasteiger partial charge in [0.2, 0.25) is 5.91 Å². The predicted octanol–water partition coefficient (Wildman–Crippen LogP) is 2.87. The zero-order chi connectivity index (χ0) is 23.3. The Bertz CT molecular complexity index is 944. The average molecular weight is 443 g/mol. The van der Waals surface area contributed by atoms with Gasteiger partial charge in [-0.25, -0.2) is 0 Å². The van der Waals surface area contributed by atoms with E-state index in [-0.39, 0.29) is 30.9 Å². The third kappa shape index (κ3) is 5.20. The molecule has 1 heterocycles. The molecule has 32 heavy (non-hydrogen) atoms. The van der Waals surface area contributed by atoms with Crippen molar-refractivity contribution in [1.29, 1.82) is 0 Å². The normalized spacial score (nSPS) is 18.6. The van der Waals surface area contributed by atoms with Gasteiger partial charge in [0, 0.05) is 17.8 Å². The molecule has 172 valence electrons. The molecule has 1 aliphatic rings. The van der Waals surface area contributed by atoms with E-state index in [0.29, 0.717) is 29.3 Å². The van der Waals surface area contributed by atoms with Crippen LogP contribution in [0.25, 0.3) is 0 Å². The summed E-state index contributed by atoms with van der Waals surface area (Å²) in [5.74, 6) is 0.896. The van der Waals surface area contributed by atoms with Gasteiger partial charge in [-0.05, 0) is 41.8 Å². The lowest BCUT2D eigenvalue weighted by Gasteiger charge is -2.41. The topological polar surface area (TPSA) is 97.3 Å². The maximum Gasteiger partial charge on any atom is 0.255 e. The first-order valence-electron chi connectivity index (χ1n) is 10.5. The quantitative estimate of drug-likeness (QED) is 0.653. The number of aliphatic hydroxyl groups is 1. The molecule has 3 rings (SSSR count). The van der Waals surface area contributed by atoms with E-state index >= 15 is 0 Å². The highest BCUT2D eigenvalue weighted by Crippen LogP contribution is 2.31. The molecular formula is C24H30N2O6. The fourth-order valence-electron chi connectivity index (χ4n) is 3.78. The van der Waals surface area contributed by atoms with Gasteiger partial charge in [-0.2, -0.15) is 0 Å². The van der Waals surface area contributed by atoms with E-state index in [1.165, 1.54) is 14.2 Å². The molecule has 0 saturated carbocycles. The first-order valence-corrected chi connectivity index (χ1v) is 10.5. The predicted molar refractivity (Wildman–Crippen MR) is 120 cm³/mol. The SMILES string of the molecule is COc1ccc(C(=O)Nc2ccc([C@H]3OCC(=O)N(CC(C)C)[C@@H]3CO)cc2)cc1OC. The molecule has 2 atom stereocenters. The molecule has 8 nitrogen and oxygen atoms in total. The zero-order valence-electron chi connectivity index (χ0n) is 18.8. The van der Waals surface area contributed by atoms with E-state index in [4.69, 9.17) is 14.2 Å². The molecule has 2 aromatic rings. The second-order valence-corrected chi connectivity index (χ2v) is 8.07. The largest absolute Gasteiger partial charge is 0.493 e. The van der Waals surface area contributed by atoms with Crippen LogP contribution in [0.1, 0.15) is 35.9 Å². The molecule has 1 saturated heterocycles. The van der Waals surface area contributed by atoms with Gasteiger partial charge in [-0.15, -0.1) is 0 Å². The van der Waals surface area contributed by atoms with Crippen LogP contribution in [-0.2, 0) is 9.53 Å². The summed E-state index contributed by atoms with van der Waals surface area (Å²) in [6.45, 7) is 4.40. The lowest BCUT2D eigenvalue weighted by molar-refractivity contribution is -0.161. The number of hydrogen-bond acceptors (Lipinski definition) is 6. The van der Waals surface area contributed by atoms with Crippen LogP contribution in [-0.4, -0.2) is 61.8 Å². The van der Waals surface area contributed by atoms with Gasteiger partial charge in [0.15, 0.2) is 11.5 Å². The Hall–Kier alpha value is -3.10. The summed E-state index contributed by atoms with van der Waals surface area (Å²) in [7, 11) is 3.05. The Morgan fingerprint density at radius 3 is 2.44 bits per heavy atom. The van der Waals surface area contributed by atoms with Crippen molar-refractivity contribution >= 4 is 17.5 Å². The maximum atomic E-state index is 12.6. The van der Waals surface area contributed by atoms with Crippen molar-refractivity contribution in [3.63, 3.8) is 0 Å². The summed E-state index contributed by atoms with van der Waals surface area (Å²) >= 11 is 0. The van der Waals surface area contributed by atoms with Crippen LogP contribution in [0.2, 0.25) is 0 Å². The van der Waals surface area contributed by atoms with Gasteiger partial charge >= 0.3 is 0 Å². The van der Waals surface area contributed by atoms with Crippen molar-refractivity contribution in [1.82, 2.24) is 4.90 Å². The van der Waals surface area contributed by atoms with Crippen molar-refractivity contribution in [2.75, 3.05) is 39.3 Å². The number of anilines is 1. The number of ether oxygens (including phenoxy) is 3. The number of hydrogen-bond donors (Lipinski definition) is 2. The summed E-state index contributed by atoms with van der Waals surface area (Å²) in [6, 6.07) is 11.7. The van der Waals surface area contributed by atoms with Crippen LogP contribution in [0.3, 0.4) is 0 Å². The van der Waals surface area contributed by atoms with Gasteiger partial charge in [-0.3, -0.25) is 9.59 Å². The molecule has 8 heteroatoms. The number of carbonyl (C=O) groups is 2. The molecule has 1 aliphatic heterocycles. The van der Waals surface area contributed by atoms with E-state index in [2.05, 4.69) is 5.32 Å². The van der Waals surface area contributed by atoms with Gasteiger partial charge < -0.3 is 29.5 Å². The number of nitrogens with zero attached hydrogens (tertiary/aromatic N) is 1. The molecule has 1 fully saturated rings. The Morgan fingerprint density at radius 1 is 1.16 bits per heavy atom. The molecule has 0 radical (unpaired) electrons. The van der Waals surface area contributed by atoms with Gasteiger partial charge in [0.1, 0.15) is 12.7 Å². The molecule has 0 aromatic heterocycles. The molecule has 0 aliphatic carbocycles. The number of nitrogens with one attached hydrogen (secondary N) is 1. The van der Waals surface area contributed by atoms with Crippen molar-refractivity contribution in [2.24, 2.45) is 5.92 Å². The van der Waals surface area contributed by atoms with Crippen molar-refractivity contribution in [3.05, 3.63) is 53.6 Å². The monoisotopic (exact) mass is 442 g/mol. The Morgan fingerprint density at radius 2 is 1.84 bits per heavy atom. The number of aliphatic hydroxyl groups excluding tert-OH is 1. The Labute approximate surface area is 188 Å². The number of amides is 2. The minimum atomic E-state index is -0.453. The fourth-order valence-corrected chi connectivity index (χ4v) is 3.78. The third-order valence-corrected chi connectivity index (χ3v) is 5.35. The van der Waals surface area contributed by atoms with Crippen LogP contribution >= 0.6 is 0 Å². The molecule has 2 aromatic carbocycles. The van der Waals surface area contributed by atoms with Crippen molar-refractivity contribution in [2.45, 2.75) is 26.0 Å². The van der Waals surface area contributed by atoms with Crippen LogP contribution < -0.4 is 14.8 Å². The first kappa shape index (κ1) is 23.6. The smallest absolute Gasteiger partial charge is 0.255 e. The van der Waals surface area contributed by atoms with E-state index in [9.17, 15) is 14.7 Å². The van der Waals surface area contributed by atoms with Crippen LogP contribution in [0, 0.1) is 5.92 Å². The fraction of sp³-hybridized carbons (Fsp3) is 0.417. The lowest BCUT2D eigenvalue weighted by Crippen LogP contribution is -2.53. The average Bonchev–Trinajstić information content (AvgIpc) is 2.80. The van der Waals surface area contributed by atoms with E-state index in [1.54, 1.807) is 35.2 Å². The zero-order valence-corrected chi connectivity index (χ0v) is 18.8. The summed E-state index contributed by atoms with van der Waals surface area (Å²) in [5.41, 5.74) is 1.87. The number of methoxy groups -OCH3 is 2. The second kappa shape index (κ2) is 10.5. The summed E-state index contributed by atoms with van der Waals surface area (Å²) in [5, 5.41) is 12.8. The standard InChI is InChI=1S/C24H30N2O6/c1-15(2)12-26-19(13-27)23(32-14-22(26)28)16-5-8-18(9-6-16)25-24(29)17-7-10-20(30-3)21(11-17)31-4/h5-11,15,19,23,27H,12-14H2,1-4H3,(H,25,29)/t19-,23-/m1/s1. The maximum absolute atomic E-state index is 12.6. The lowest BCUT2D eigenvalue weighted by atomic mass is 9.98. The minimum absolute atomic E-state index is 0.0221. The summed E-state index contributed by atoms with van der Waals surface area (Å²) < 4.78 is 16.2. The number of carbonyl (C=O) groups excluding carboxylic acids is 2. The third-order valence-electron chi connectivity index (χ3n) is 5.35. The molecule has 2 amide bonds. The van der Waals surface area contributed by atoms with Gasteiger partial charge in [0.25, 0.3) is 5.91 Å². The number of rotatable bonds is 8. The van der Waals surface area contributed by atoms with Crippen LogP contribution in [0.5, 0.6) is 11.5 Å². The van der Waals surface area contributed by atoms with Crippen LogP contribution in [0.4, 0.5) is 5.69 Å². The Balaban J connectivity index is 1.73. The first-order chi connectivity index (χ1) is 15.4. The summed E-state index contributed by atoms with van der Waals surface area (Å²) in [4.78, 5) is 26.6. The van der Waals surface area contributed by atoms with Crippen LogP contribution in [0.15, 0.2) is 42.5 Å². The Kier molecular flexibility index (Phi) is 7.71. The molecule has 2 N–H and O–H groups in total. The van der Waals surface area contributed by atoms with Gasteiger partial charge in [0.05, 0.1) is 26.9 Å². The number of benzene rings is 2. The molecule has 0 spiro atoms. The highest BCUT2D eigenvalue weighted by Gasteiger charge is 2.37. The van der Waals surface area contributed by atoms with Gasteiger partial charge in [-0.1, -0.05) is 26.0 Å². The molecular weight excluding hydrogens is 412 g/mol. The van der Waals surface area contributed by atoms with E-state index < -0.39 is 12.1 Å². The highest BCUT2D eigenvalue weighted by atomic mass is 16.5. The van der Waals surface area contributed by atoms with E-state index in [1.807, 2.05) is 26.0 Å². The number of morpholine rings is 1. The van der Waals surface area contributed by atoms with Crippen molar-refractivity contribution < 1.29 is 28.9 Å². The second-order valence-electron chi connectivity index (χ2n) is 8.07. The summed E-state index contributed by atoms with van der Waals surface area (Å²) in [6.07, 6.45) is -0.438. The highest BCUT2D eigenvalue weighted by molar-refractivity contribution is 6.04. The minimum Gasteiger partial charge on any atom is -0.493 e. The molecule has 0 bridgehead atoms. The molecule has 0 unspecified atom stereocenters. The van der Waals surface area contributed by atoms with E-state index in [0.717, 1.165) is 5.56 Å². The van der Waals surface area contributed by atoms with Crippen molar-refractivity contribution in [3.8, 4) is 11.5 Å².